The van der Waals surface area contributed by atoms with Crippen molar-refractivity contribution in [2.24, 2.45) is 5.92 Å². The fourth-order valence-electron chi connectivity index (χ4n) is 3.44. The molecule has 120 valence electrons. The molecule has 2 saturated heterocycles. The largest absolute Gasteiger partial charge is 0.481 e. The van der Waals surface area contributed by atoms with Crippen LogP contribution >= 0.6 is 0 Å². The third kappa shape index (κ3) is 4.88. The first-order valence-electron chi connectivity index (χ1n) is 8.08. The van der Waals surface area contributed by atoms with E-state index in [1.54, 1.807) is 0 Å². The second-order valence-electron chi connectivity index (χ2n) is 6.28. The van der Waals surface area contributed by atoms with E-state index in [4.69, 9.17) is 5.11 Å². The fourth-order valence-corrected chi connectivity index (χ4v) is 3.44. The zero-order valence-corrected chi connectivity index (χ0v) is 12.8. The summed E-state index contributed by atoms with van der Waals surface area (Å²) >= 11 is 0. The lowest BCUT2D eigenvalue weighted by Gasteiger charge is -2.35. The molecule has 3 unspecified atom stereocenters. The molecule has 2 heterocycles. The highest BCUT2D eigenvalue weighted by Gasteiger charge is 2.32. The molecular weight excluding hydrogens is 270 g/mol. The third-order valence-corrected chi connectivity index (χ3v) is 4.75. The maximum atomic E-state index is 11.9. The van der Waals surface area contributed by atoms with E-state index in [0.717, 1.165) is 25.8 Å². The quantitative estimate of drug-likeness (QED) is 0.692. The first-order valence-corrected chi connectivity index (χ1v) is 8.08. The molecule has 0 aromatic rings. The van der Waals surface area contributed by atoms with Gasteiger partial charge in [-0.05, 0) is 38.1 Å². The molecule has 2 fully saturated rings. The Hall–Kier alpha value is -1.30. The van der Waals surface area contributed by atoms with E-state index < -0.39 is 5.97 Å². The van der Waals surface area contributed by atoms with E-state index in [2.05, 4.69) is 15.5 Å². The second-order valence-corrected chi connectivity index (χ2v) is 6.28. The predicted octanol–water partition coefficient (Wildman–Crippen LogP) is 1.41. The SMILES string of the molecule is CCC(CNC(=O)NC1CCN2CCCC2C1)CC(=O)O. The number of amides is 2. The van der Waals surface area contributed by atoms with Crippen LogP contribution in [0.1, 0.15) is 45.4 Å². The Morgan fingerprint density at radius 2 is 2.14 bits per heavy atom. The van der Waals surface area contributed by atoms with Gasteiger partial charge in [0.15, 0.2) is 0 Å². The average Bonchev–Trinajstić information content (AvgIpc) is 2.90. The van der Waals surface area contributed by atoms with Crippen LogP contribution in [0.2, 0.25) is 0 Å². The molecule has 21 heavy (non-hydrogen) atoms. The number of nitrogens with one attached hydrogen (secondary N) is 2. The Morgan fingerprint density at radius 1 is 1.33 bits per heavy atom. The monoisotopic (exact) mass is 297 g/mol. The number of carbonyl (C=O) groups excluding carboxylic acids is 1. The lowest BCUT2D eigenvalue weighted by atomic mass is 9.98. The van der Waals surface area contributed by atoms with Gasteiger partial charge in [-0.1, -0.05) is 13.3 Å². The van der Waals surface area contributed by atoms with Gasteiger partial charge in [-0.15, -0.1) is 0 Å². The molecule has 0 aromatic carbocycles. The van der Waals surface area contributed by atoms with Crippen molar-refractivity contribution < 1.29 is 14.7 Å². The highest BCUT2D eigenvalue weighted by Crippen LogP contribution is 2.26. The van der Waals surface area contributed by atoms with Crippen molar-refractivity contribution >= 4 is 12.0 Å². The molecule has 3 atom stereocenters. The summed E-state index contributed by atoms with van der Waals surface area (Å²) in [7, 11) is 0. The van der Waals surface area contributed by atoms with Crippen LogP contribution in [0.15, 0.2) is 0 Å². The third-order valence-electron chi connectivity index (χ3n) is 4.75. The second kappa shape index (κ2) is 7.64. The number of carboxylic acid groups (broad SMARTS) is 1. The summed E-state index contributed by atoms with van der Waals surface area (Å²) < 4.78 is 0. The minimum atomic E-state index is -0.808. The first kappa shape index (κ1) is 16.1. The van der Waals surface area contributed by atoms with Crippen LogP contribution in [-0.4, -0.2) is 53.7 Å². The van der Waals surface area contributed by atoms with Gasteiger partial charge in [0.25, 0.3) is 0 Å². The number of fused-ring (bicyclic) bond motifs is 1. The molecule has 6 heteroatoms. The van der Waals surface area contributed by atoms with Crippen molar-refractivity contribution in [3.05, 3.63) is 0 Å². The highest BCUT2D eigenvalue weighted by molar-refractivity contribution is 5.74. The molecule has 3 N–H and O–H groups in total. The van der Waals surface area contributed by atoms with Crippen molar-refractivity contribution in [1.82, 2.24) is 15.5 Å². The Morgan fingerprint density at radius 3 is 2.86 bits per heavy atom. The molecule has 0 aromatic heterocycles. The molecule has 2 aliphatic heterocycles. The minimum Gasteiger partial charge on any atom is -0.481 e. The van der Waals surface area contributed by atoms with Crippen molar-refractivity contribution in [3.63, 3.8) is 0 Å². The Kier molecular flexibility index (Phi) is 5.85. The van der Waals surface area contributed by atoms with Crippen LogP contribution < -0.4 is 10.6 Å². The first-order chi connectivity index (χ1) is 10.1. The average molecular weight is 297 g/mol. The molecule has 0 saturated carbocycles. The molecule has 2 rings (SSSR count). The van der Waals surface area contributed by atoms with Crippen LogP contribution in [0.25, 0.3) is 0 Å². The van der Waals surface area contributed by atoms with E-state index in [-0.39, 0.29) is 24.4 Å². The fraction of sp³-hybridized carbons (Fsp3) is 0.867. The molecular formula is C15H27N3O3. The Balaban J connectivity index is 1.68. The summed E-state index contributed by atoms with van der Waals surface area (Å²) in [4.78, 5) is 25.2. The lowest BCUT2D eigenvalue weighted by Crippen LogP contribution is -2.50. The topological polar surface area (TPSA) is 81.7 Å². The van der Waals surface area contributed by atoms with Gasteiger partial charge >= 0.3 is 12.0 Å². The van der Waals surface area contributed by atoms with Gasteiger partial charge < -0.3 is 20.6 Å². The van der Waals surface area contributed by atoms with Crippen LogP contribution in [0.3, 0.4) is 0 Å². The number of nitrogens with zero attached hydrogens (tertiary/aromatic N) is 1. The Bertz CT molecular complexity index is 375. The van der Waals surface area contributed by atoms with Gasteiger partial charge in [-0.2, -0.15) is 0 Å². The van der Waals surface area contributed by atoms with Gasteiger partial charge in [-0.3, -0.25) is 4.79 Å². The molecule has 6 nitrogen and oxygen atoms in total. The molecule has 2 amide bonds. The molecule has 2 aliphatic rings. The van der Waals surface area contributed by atoms with Crippen molar-refractivity contribution in [3.8, 4) is 0 Å². The Labute approximate surface area is 126 Å². The van der Waals surface area contributed by atoms with Gasteiger partial charge in [-0.25, -0.2) is 4.79 Å². The number of hydrogen-bond acceptors (Lipinski definition) is 3. The number of urea groups is 1. The van der Waals surface area contributed by atoms with Crippen molar-refractivity contribution in [2.45, 2.75) is 57.5 Å². The van der Waals surface area contributed by atoms with Crippen molar-refractivity contribution in [1.29, 1.82) is 0 Å². The number of hydrogen-bond donors (Lipinski definition) is 3. The smallest absolute Gasteiger partial charge is 0.315 e. The van der Waals surface area contributed by atoms with Crippen LogP contribution in [0, 0.1) is 5.92 Å². The molecule has 0 radical (unpaired) electrons. The number of carbonyl (C=O) groups is 2. The van der Waals surface area contributed by atoms with Gasteiger partial charge in [0.05, 0.1) is 0 Å². The van der Waals surface area contributed by atoms with E-state index in [9.17, 15) is 9.59 Å². The lowest BCUT2D eigenvalue weighted by molar-refractivity contribution is -0.138. The predicted molar refractivity (Wildman–Crippen MR) is 80.2 cm³/mol. The summed E-state index contributed by atoms with van der Waals surface area (Å²) in [6.45, 7) is 4.66. The van der Waals surface area contributed by atoms with Crippen molar-refractivity contribution in [2.75, 3.05) is 19.6 Å². The van der Waals surface area contributed by atoms with Crippen LogP contribution in [-0.2, 0) is 4.79 Å². The van der Waals surface area contributed by atoms with E-state index >= 15 is 0 Å². The number of aliphatic carboxylic acids is 1. The van der Waals surface area contributed by atoms with Gasteiger partial charge in [0.1, 0.15) is 0 Å². The van der Waals surface area contributed by atoms with E-state index in [0.29, 0.717) is 12.6 Å². The standard InChI is InChI=1S/C15H27N3O3/c1-2-11(8-14(19)20)10-16-15(21)17-12-5-7-18-6-3-4-13(18)9-12/h11-13H,2-10H2,1H3,(H,19,20)(H2,16,17,21). The minimum absolute atomic E-state index is 0.00456. The number of rotatable bonds is 6. The van der Waals surface area contributed by atoms with E-state index in [1.807, 2.05) is 6.92 Å². The zero-order valence-electron chi connectivity index (χ0n) is 12.8. The van der Waals surface area contributed by atoms with Crippen LogP contribution in [0.4, 0.5) is 4.79 Å². The maximum Gasteiger partial charge on any atom is 0.315 e. The van der Waals surface area contributed by atoms with Gasteiger partial charge in [0.2, 0.25) is 0 Å². The highest BCUT2D eigenvalue weighted by atomic mass is 16.4. The normalized spacial score (nSPS) is 26.9. The maximum absolute atomic E-state index is 11.9. The summed E-state index contributed by atoms with van der Waals surface area (Å²) in [5.74, 6) is -0.803. The van der Waals surface area contributed by atoms with Crippen LogP contribution in [0.5, 0.6) is 0 Å². The summed E-state index contributed by atoms with van der Waals surface area (Å²) in [5, 5.41) is 14.7. The zero-order chi connectivity index (χ0) is 15.2. The molecule has 0 bridgehead atoms. The van der Waals surface area contributed by atoms with Gasteiger partial charge in [0, 0.05) is 31.6 Å². The number of piperidine rings is 1. The number of carboxylic acids is 1. The summed E-state index contributed by atoms with van der Waals surface area (Å²) in [6.07, 6.45) is 5.44. The molecule has 0 spiro atoms. The molecule has 0 aliphatic carbocycles. The summed E-state index contributed by atoms with van der Waals surface area (Å²) in [6, 6.07) is 0.735. The summed E-state index contributed by atoms with van der Waals surface area (Å²) in [5.41, 5.74) is 0. The van der Waals surface area contributed by atoms with E-state index in [1.165, 1.54) is 19.4 Å².